The summed E-state index contributed by atoms with van der Waals surface area (Å²) in [6, 6.07) is 7.85. The van der Waals surface area contributed by atoms with Crippen LogP contribution in [0.15, 0.2) is 30.3 Å². The standard InChI is InChI=1S/C19H23ClN2O3S2/c1-3-27(24,25)21(2)14-10-12-22(13-11-14)18(23)9-8-17-19(20)15-6-4-5-7-16(15)26-17/h4-9,14H,3,10-13H2,1-2H3/b9-8+. The Morgan fingerprint density at radius 1 is 1.33 bits per heavy atom. The van der Waals surface area contributed by atoms with Crippen LogP contribution < -0.4 is 0 Å². The van der Waals surface area contributed by atoms with Crippen molar-refractivity contribution in [2.75, 3.05) is 25.9 Å². The molecule has 0 spiro atoms. The molecule has 0 unspecified atom stereocenters. The van der Waals surface area contributed by atoms with E-state index in [1.165, 1.54) is 4.31 Å². The number of hydrogen-bond donors (Lipinski definition) is 0. The first-order chi connectivity index (χ1) is 12.8. The van der Waals surface area contributed by atoms with Crippen molar-refractivity contribution in [3.63, 3.8) is 0 Å². The maximum Gasteiger partial charge on any atom is 0.246 e. The molecule has 1 saturated heterocycles. The number of benzene rings is 1. The van der Waals surface area contributed by atoms with Crippen LogP contribution in [-0.4, -0.2) is 55.5 Å². The van der Waals surface area contributed by atoms with Crippen LogP contribution >= 0.6 is 22.9 Å². The summed E-state index contributed by atoms with van der Waals surface area (Å²) in [5.41, 5.74) is 0. The number of carbonyl (C=O) groups excluding carboxylic acids is 1. The second-order valence-corrected chi connectivity index (χ2v) is 10.4. The van der Waals surface area contributed by atoms with Gasteiger partial charge in [-0.2, -0.15) is 0 Å². The van der Waals surface area contributed by atoms with E-state index in [0.717, 1.165) is 15.0 Å². The van der Waals surface area contributed by atoms with Gasteiger partial charge in [0.15, 0.2) is 0 Å². The van der Waals surface area contributed by atoms with Gasteiger partial charge in [-0.1, -0.05) is 29.8 Å². The van der Waals surface area contributed by atoms with E-state index >= 15 is 0 Å². The quantitative estimate of drug-likeness (QED) is 0.682. The molecular formula is C19H23ClN2O3S2. The molecular weight excluding hydrogens is 404 g/mol. The molecule has 2 heterocycles. The highest BCUT2D eigenvalue weighted by molar-refractivity contribution is 7.89. The largest absolute Gasteiger partial charge is 0.339 e. The third-order valence-corrected chi connectivity index (χ3v) is 8.59. The van der Waals surface area contributed by atoms with Crippen LogP contribution in [0.3, 0.4) is 0 Å². The number of likely N-dealkylation sites (tertiary alicyclic amines) is 1. The number of sulfonamides is 1. The number of carbonyl (C=O) groups is 1. The molecule has 0 saturated carbocycles. The van der Waals surface area contributed by atoms with Crippen molar-refractivity contribution in [2.24, 2.45) is 0 Å². The van der Waals surface area contributed by atoms with Crippen LogP contribution in [0.4, 0.5) is 0 Å². The summed E-state index contributed by atoms with van der Waals surface area (Å²) in [7, 11) is -1.57. The van der Waals surface area contributed by atoms with Crippen molar-refractivity contribution < 1.29 is 13.2 Å². The monoisotopic (exact) mass is 426 g/mol. The Bertz CT molecular complexity index is 960. The Morgan fingerprint density at radius 3 is 2.63 bits per heavy atom. The molecule has 0 bridgehead atoms. The fourth-order valence-electron chi connectivity index (χ4n) is 3.27. The van der Waals surface area contributed by atoms with Gasteiger partial charge in [0.05, 0.1) is 10.8 Å². The molecule has 0 aliphatic carbocycles. The normalized spacial score (nSPS) is 16.7. The van der Waals surface area contributed by atoms with E-state index in [9.17, 15) is 13.2 Å². The van der Waals surface area contributed by atoms with Crippen LogP contribution in [0.1, 0.15) is 24.6 Å². The first-order valence-corrected chi connectivity index (χ1v) is 11.7. The number of halogens is 1. The number of fused-ring (bicyclic) bond motifs is 1. The van der Waals surface area contributed by atoms with Crippen molar-refractivity contribution in [1.29, 1.82) is 0 Å². The van der Waals surface area contributed by atoms with Gasteiger partial charge in [0, 0.05) is 47.2 Å². The lowest BCUT2D eigenvalue weighted by atomic mass is 10.1. The highest BCUT2D eigenvalue weighted by atomic mass is 35.5. The molecule has 27 heavy (non-hydrogen) atoms. The van der Waals surface area contributed by atoms with Gasteiger partial charge in [-0.25, -0.2) is 12.7 Å². The average molecular weight is 427 g/mol. The van der Waals surface area contributed by atoms with Gasteiger partial charge in [0.1, 0.15) is 0 Å². The van der Waals surface area contributed by atoms with Gasteiger partial charge in [-0.15, -0.1) is 11.3 Å². The van der Waals surface area contributed by atoms with E-state index in [1.807, 2.05) is 24.3 Å². The van der Waals surface area contributed by atoms with E-state index in [4.69, 9.17) is 11.6 Å². The van der Waals surface area contributed by atoms with Crippen LogP contribution in [0.2, 0.25) is 5.02 Å². The lowest BCUT2D eigenvalue weighted by Gasteiger charge is -2.35. The number of thiophene rings is 1. The summed E-state index contributed by atoms with van der Waals surface area (Å²) in [5.74, 6) is 0.0318. The van der Waals surface area contributed by atoms with Gasteiger partial charge >= 0.3 is 0 Å². The van der Waals surface area contributed by atoms with E-state index in [2.05, 4.69) is 0 Å². The molecule has 1 fully saturated rings. The number of rotatable bonds is 5. The third kappa shape index (κ3) is 4.37. The lowest BCUT2D eigenvalue weighted by Crippen LogP contribution is -2.47. The molecule has 2 aromatic rings. The van der Waals surface area contributed by atoms with E-state index in [0.29, 0.717) is 31.0 Å². The van der Waals surface area contributed by atoms with Crippen molar-refractivity contribution in [3.05, 3.63) is 40.2 Å². The molecule has 0 atom stereocenters. The van der Waals surface area contributed by atoms with E-state index in [1.54, 1.807) is 42.4 Å². The van der Waals surface area contributed by atoms with Crippen LogP contribution in [-0.2, 0) is 14.8 Å². The summed E-state index contributed by atoms with van der Waals surface area (Å²) in [4.78, 5) is 15.1. The molecule has 5 nitrogen and oxygen atoms in total. The molecule has 1 aromatic heterocycles. The number of piperidine rings is 1. The topological polar surface area (TPSA) is 57.7 Å². The predicted molar refractivity (Wildman–Crippen MR) is 113 cm³/mol. The van der Waals surface area contributed by atoms with Crippen LogP contribution in [0, 0.1) is 0 Å². The fraction of sp³-hybridized carbons (Fsp3) is 0.421. The number of hydrogen-bond acceptors (Lipinski definition) is 4. The molecule has 0 radical (unpaired) electrons. The van der Waals surface area contributed by atoms with Crippen molar-refractivity contribution >= 4 is 55.0 Å². The minimum absolute atomic E-state index is 0.0416. The first kappa shape index (κ1) is 20.3. The van der Waals surface area contributed by atoms with Gasteiger partial charge in [0.2, 0.25) is 15.9 Å². The Morgan fingerprint density at radius 2 is 2.00 bits per heavy atom. The zero-order valence-corrected chi connectivity index (χ0v) is 17.8. The maximum absolute atomic E-state index is 12.5. The molecule has 3 rings (SSSR count). The molecule has 1 aromatic carbocycles. The zero-order valence-electron chi connectivity index (χ0n) is 15.4. The Labute approximate surface area is 169 Å². The predicted octanol–water partition coefficient (Wildman–Crippen LogP) is 3.84. The Kier molecular flexibility index (Phi) is 6.25. The SMILES string of the molecule is CCS(=O)(=O)N(C)C1CCN(C(=O)/C=C/c2sc3ccccc3c2Cl)CC1. The fourth-order valence-corrected chi connectivity index (χ4v) is 5.74. The summed E-state index contributed by atoms with van der Waals surface area (Å²) < 4.78 is 26.6. The molecule has 8 heteroatoms. The maximum atomic E-state index is 12.5. The molecule has 1 amide bonds. The highest BCUT2D eigenvalue weighted by Crippen LogP contribution is 2.36. The smallest absolute Gasteiger partial charge is 0.246 e. The number of nitrogens with zero attached hydrogens (tertiary/aromatic N) is 2. The van der Waals surface area contributed by atoms with Crippen molar-refractivity contribution in [2.45, 2.75) is 25.8 Å². The minimum atomic E-state index is -3.20. The average Bonchev–Trinajstić information content (AvgIpc) is 3.01. The molecule has 1 aliphatic heterocycles. The van der Waals surface area contributed by atoms with E-state index < -0.39 is 10.0 Å². The second-order valence-electron chi connectivity index (χ2n) is 6.58. The lowest BCUT2D eigenvalue weighted by molar-refractivity contribution is -0.127. The Hall–Kier alpha value is -1.41. The molecule has 1 aliphatic rings. The highest BCUT2D eigenvalue weighted by Gasteiger charge is 2.29. The van der Waals surface area contributed by atoms with Crippen molar-refractivity contribution in [3.8, 4) is 0 Å². The second kappa shape index (κ2) is 8.31. The molecule has 146 valence electrons. The van der Waals surface area contributed by atoms with Gasteiger partial charge in [-0.05, 0) is 31.9 Å². The van der Waals surface area contributed by atoms with E-state index in [-0.39, 0.29) is 17.7 Å². The van der Waals surface area contributed by atoms with Gasteiger partial charge in [-0.3, -0.25) is 4.79 Å². The van der Waals surface area contributed by atoms with Crippen molar-refractivity contribution in [1.82, 2.24) is 9.21 Å². The minimum Gasteiger partial charge on any atom is -0.339 e. The van der Waals surface area contributed by atoms with Crippen LogP contribution in [0.5, 0.6) is 0 Å². The summed E-state index contributed by atoms with van der Waals surface area (Å²) >= 11 is 7.97. The summed E-state index contributed by atoms with van der Waals surface area (Å²) in [5, 5.41) is 1.67. The van der Waals surface area contributed by atoms with Crippen LogP contribution in [0.25, 0.3) is 16.2 Å². The van der Waals surface area contributed by atoms with Gasteiger partial charge < -0.3 is 4.90 Å². The first-order valence-electron chi connectivity index (χ1n) is 8.93. The summed E-state index contributed by atoms with van der Waals surface area (Å²) in [6.07, 6.45) is 4.64. The number of amides is 1. The zero-order chi connectivity index (χ0) is 19.6. The summed E-state index contributed by atoms with van der Waals surface area (Å²) in [6.45, 7) is 2.75. The molecule has 0 N–H and O–H groups in total. The van der Waals surface area contributed by atoms with Gasteiger partial charge in [0.25, 0.3) is 0 Å². The third-order valence-electron chi connectivity index (χ3n) is 5.03. The Balaban J connectivity index is 1.62.